The molecule has 1 atom stereocenters. The fourth-order valence-electron chi connectivity index (χ4n) is 1.52. The molecule has 0 spiro atoms. The molecule has 0 saturated carbocycles. The number of carbonyl (C=O) groups excluding carboxylic acids is 1. The van der Waals surface area contributed by atoms with Gasteiger partial charge in [-0.2, -0.15) is 0 Å². The molecule has 0 aliphatic carbocycles. The number of ether oxygens (including phenoxy) is 1. The molecule has 0 bridgehead atoms. The van der Waals surface area contributed by atoms with Crippen molar-refractivity contribution in [3.8, 4) is 5.75 Å². The number of amides is 2. The fourth-order valence-corrected chi connectivity index (χ4v) is 1.52. The second-order valence-electron chi connectivity index (χ2n) is 4.20. The number of nitrogens with zero attached hydrogens (tertiary/aromatic N) is 1. The summed E-state index contributed by atoms with van der Waals surface area (Å²) >= 11 is 0. The minimum Gasteiger partial charge on any atom is -0.497 e. The second-order valence-corrected chi connectivity index (χ2v) is 4.20. The largest absolute Gasteiger partial charge is 0.497 e. The first-order valence-corrected chi connectivity index (χ1v) is 5.96. The van der Waals surface area contributed by atoms with E-state index >= 15 is 0 Å². The van der Waals surface area contributed by atoms with Crippen molar-refractivity contribution in [2.24, 2.45) is 5.73 Å². The third kappa shape index (κ3) is 3.92. The molecule has 18 heavy (non-hydrogen) atoms. The first-order chi connectivity index (χ1) is 8.58. The van der Waals surface area contributed by atoms with Gasteiger partial charge in [-0.25, -0.2) is 4.79 Å². The first kappa shape index (κ1) is 14.3. The summed E-state index contributed by atoms with van der Waals surface area (Å²) in [4.78, 5) is 13.6. The van der Waals surface area contributed by atoms with E-state index in [1.54, 1.807) is 43.3 Å². The van der Waals surface area contributed by atoms with E-state index in [-0.39, 0.29) is 12.1 Å². The lowest BCUT2D eigenvalue weighted by Crippen LogP contribution is -2.39. The van der Waals surface area contributed by atoms with Crippen molar-refractivity contribution in [1.29, 1.82) is 0 Å². The average Bonchev–Trinajstić information content (AvgIpc) is 2.39. The quantitative estimate of drug-likeness (QED) is 0.839. The third-order valence-electron chi connectivity index (χ3n) is 2.91. The Morgan fingerprint density at radius 3 is 2.56 bits per heavy atom. The Kier molecular flexibility index (Phi) is 5.45. The minimum absolute atomic E-state index is 0.119. The van der Waals surface area contributed by atoms with Crippen molar-refractivity contribution < 1.29 is 9.53 Å². The monoisotopic (exact) mass is 251 g/mol. The van der Waals surface area contributed by atoms with Gasteiger partial charge in [-0.05, 0) is 44.2 Å². The smallest absolute Gasteiger partial charge is 0.321 e. The molecule has 2 amide bonds. The summed E-state index contributed by atoms with van der Waals surface area (Å²) in [5.74, 6) is 0.762. The highest BCUT2D eigenvalue weighted by molar-refractivity contribution is 5.89. The molecular weight excluding hydrogens is 230 g/mol. The predicted octanol–water partition coefficient (Wildman–Crippen LogP) is 1.90. The van der Waals surface area contributed by atoms with Gasteiger partial charge in [0, 0.05) is 18.8 Å². The molecule has 1 unspecified atom stereocenters. The molecule has 5 nitrogen and oxygen atoms in total. The fraction of sp³-hybridized carbons (Fsp3) is 0.462. The number of anilines is 1. The van der Waals surface area contributed by atoms with E-state index < -0.39 is 0 Å². The number of hydrogen-bond acceptors (Lipinski definition) is 3. The number of hydrogen-bond donors (Lipinski definition) is 2. The topological polar surface area (TPSA) is 67.6 Å². The molecule has 1 aromatic rings. The van der Waals surface area contributed by atoms with Crippen LogP contribution < -0.4 is 15.8 Å². The molecular formula is C13H21N3O2. The number of nitrogens with one attached hydrogen (secondary N) is 1. The zero-order chi connectivity index (χ0) is 13.5. The van der Waals surface area contributed by atoms with Gasteiger partial charge in [0.05, 0.1) is 7.11 Å². The summed E-state index contributed by atoms with van der Waals surface area (Å²) in [6.07, 6.45) is 0.784. The minimum atomic E-state index is -0.138. The van der Waals surface area contributed by atoms with Crippen molar-refractivity contribution in [3.05, 3.63) is 24.3 Å². The molecule has 0 aliphatic rings. The Labute approximate surface area is 108 Å². The summed E-state index contributed by atoms with van der Waals surface area (Å²) in [5.41, 5.74) is 6.22. The standard InChI is InChI=1S/C13H21N3O2/c1-10(8-9-14)16(2)13(17)15-11-4-6-12(18-3)7-5-11/h4-7,10H,8-9,14H2,1-3H3,(H,15,17). The lowest BCUT2D eigenvalue weighted by molar-refractivity contribution is 0.206. The first-order valence-electron chi connectivity index (χ1n) is 5.96. The van der Waals surface area contributed by atoms with Gasteiger partial charge in [0.25, 0.3) is 0 Å². The second kappa shape index (κ2) is 6.86. The molecule has 5 heteroatoms. The molecule has 0 radical (unpaired) electrons. The maximum Gasteiger partial charge on any atom is 0.321 e. The van der Waals surface area contributed by atoms with Crippen molar-refractivity contribution in [3.63, 3.8) is 0 Å². The molecule has 1 rings (SSSR count). The molecule has 100 valence electrons. The number of methoxy groups -OCH3 is 1. The number of benzene rings is 1. The van der Waals surface area contributed by atoms with Gasteiger partial charge in [-0.15, -0.1) is 0 Å². The van der Waals surface area contributed by atoms with Crippen LogP contribution >= 0.6 is 0 Å². The van der Waals surface area contributed by atoms with Crippen LogP contribution in [0.4, 0.5) is 10.5 Å². The van der Waals surface area contributed by atoms with Gasteiger partial charge in [0.15, 0.2) is 0 Å². The Bertz CT molecular complexity index is 378. The molecule has 0 saturated heterocycles. The van der Waals surface area contributed by atoms with Gasteiger partial charge in [-0.3, -0.25) is 0 Å². The van der Waals surface area contributed by atoms with Crippen LogP contribution in [0.15, 0.2) is 24.3 Å². The lowest BCUT2D eigenvalue weighted by Gasteiger charge is -2.24. The van der Waals surface area contributed by atoms with Crippen molar-refractivity contribution >= 4 is 11.7 Å². The zero-order valence-electron chi connectivity index (χ0n) is 11.1. The van der Waals surface area contributed by atoms with E-state index in [2.05, 4.69) is 5.32 Å². The van der Waals surface area contributed by atoms with E-state index in [0.29, 0.717) is 6.54 Å². The lowest BCUT2D eigenvalue weighted by atomic mass is 10.2. The van der Waals surface area contributed by atoms with Crippen molar-refractivity contribution in [2.45, 2.75) is 19.4 Å². The van der Waals surface area contributed by atoms with Crippen molar-refractivity contribution in [2.75, 3.05) is 26.0 Å². The Hall–Kier alpha value is -1.75. The van der Waals surface area contributed by atoms with Gasteiger partial charge in [0.2, 0.25) is 0 Å². The van der Waals surface area contributed by atoms with Crippen LogP contribution in [-0.2, 0) is 0 Å². The van der Waals surface area contributed by atoms with E-state index in [1.165, 1.54) is 0 Å². The third-order valence-corrected chi connectivity index (χ3v) is 2.91. The number of urea groups is 1. The number of nitrogens with two attached hydrogens (primary N) is 1. The van der Waals surface area contributed by atoms with Crippen LogP contribution in [-0.4, -0.2) is 37.7 Å². The summed E-state index contributed by atoms with van der Waals surface area (Å²) in [6.45, 7) is 2.54. The van der Waals surface area contributed by atoms with Crippen LogP contribution in [0.2, 0.25) is 0 Å². The average molecular weight is 251 g/mol. The molecule has 3 N–H and O–H groups in total. The maximum absolute atomic E-state index is 11.9. The van der Waals surface area contributed by atoms with Crippen LogP contribution in [0.5, 0.6) is 5.75 Å². The van der Waals surface area contributed by atoms with Gasteiger partial charge >= 0.3 is 6.03 Å². The molecule has 0 aromatic heterocycles. The summed E-state index contributed by atoms with van der Waals surface area (Å²) in [6, 6.07) is 7.20. The van der Waals surface area contributed by atoms with E-state index in [4.69, 9.17) is 10.5 Å². The van der Waals surface area contributed by atoms with Gasteiger partial charge in [-0.1, -0.05) is 0 Å². The van der Waals surface area contributed by atoms with Gasteiger partial charge in [0.1, 0.15) is 5.75 Å². The summed E-state index contributed by atoms with van der Waals surface area (Å²) < 4.78 is 5.05. The molecule has 0 fully saturated rings. The number of rotatable bonds is 5. The molecule has 0 aliphatic heterocycles. The van der Waals surface area contributed by atoms with Crippen LogP contribution in [0, 0.1) is 0 Å². The van der Waals surface area contributed by atoms with E-state index in [0.717, 1.165) is 17.9 Å². The Morgan fingerprint density at radius 1 is 1.44 bits per heavy atom. The molecule has 0 heterocycles. The van der Waals surface area contributed by atoms with Crippen molar-refractivity contribution in [1.82, 2.24) is 4.90 Å². The summed E-state index contributed by atoms with van der Waals surface area (Å²) in [7, 11) is 3.37. The highest BCUT2D eigenvalue weighted by Gasteiger charge is 2.14. The normalized spacial score (nSPS) is 11.8. The zero-order valence-corrected chi connectivity index (χ0v) is 11.1. The van der Waals surface area contributed by atoms with Gasteiger partial charge < -0.3 is 20.7 Å². The SMILES string of the molecule is COc1ccc(NC(=O)N(C)C(C)CCN)cc1. The molecule has 1 aromatic carbocycles. The van der Waals surface area contributed by atoms with E-state index in [9.17, 15) is 4.79 Å². The predicted molar refractivity (Wildman–Crippen MR) is 72.9 cm³/mol. The van der Waals surface area contributed by atoms with Crippen LogP contribution in [0.25, 0.3) is 0 Å². The van der Waals surface area contributed by atoms with E-state index in [1.807, 2.05) is 6.92 Å². The Balaban J connectivity index is 2.57. The Morgan fingerprint density at radius 2 is 2.06 bits per heavy atom. The summed E-state index contributed by atoms with van der Waals surface area (Å²) in [5, 5.41) is 2.82. The number of carbonyl (C=O) groups is 1. The highest BCUT2D eigenvalue weighted by atomic mass is 16.5. The van der Waals surface area contributed by atoms with Crippen LogP contribution in [0.1, 0.15) is 13.3 Å². The van der Waals surface area contributed by atoms with Crippen LogP contribution in [0.3, 0.4) is 0 Å². The highest BCUT2D eigenvalue weighted by Crippen LogP contribution is 2.15. The maximum atomic E-state index is 11.9.